The molecule has 1 heterocycles. The number of carbonyl (C=O) groups is 2. The highest BCUT2D eigenvalue weighted by Crippen LogP contribution is 2.18. The second-order valence-corrected chi connectivity index (χ2v) is 6.23. The Labute approximate surface area is 129 Å². The number of ether oxygens (including phenoxy) is 1. The Kier molecular flexibility index (Phi) is 5.95. The molecular formula is C13H23N3O6. The highest BCUT2D eigenvalue weighted by molar-refractivity contribution is 5.75. The molecule has 9 heteroatoms. The molecule has 1 aliphatic rings. The van der Waals surface area contributed by atoms with E-state index in [0.717, 1.165) is 0 Å². The molecule has 1 N–H and O–H groups in total. The maximum absolute atomic E-state index is 11.7. The molecule has 0 aliphatic carbocycles. The summed E-state index contributed by atoms with van der Waals surface area (Å²) in [6.45, 7) is 7.12. The van der Waals surface area contributed by atoms with Crippen molar-refractivity contribution in [3.05, 3.63) is 5.21 Å². The highest BCUT2D eigenvalue weighted by Gasteiger charge is 2.29. The molecule has 0 spiro atoms. The van der Waals surface area contributed by atoms with Crippen LogP contribution < -0.4 is 0 Å². The van der Waals surface area contributed by atoms with Crippen LogP contribution in [0.25, 0.3) is 0 Å². The summed E-state index contributed by atoms with van der Waals surface area (Å²) in [4.78, 5) is 27.5. The maximum Gasteiger partial charge on any atom is 0.314 e. The number of aliphatic carboxylic acids is 1. The van der Waals surface area contributed by atoms with Crippen molar-refractivity contribution in [1.82, 2.24) is 5.01 Å². The minimum Gasteiger partial charge on any atom is -0.569 e. The number of esters is 1. The normalized spacial score (nSPS) is 18.7. The van der Waals surface area contributed by atoms with E-state index < -0.39 is 29.6 Å². The summed E-state index contributed by atoms with van der Waals surface area (Å²) >= 11 is 0. The van der Waals surface area contributed by atoms with E-state index in [1.165, 1.54) is 11.9 Å². The number of carbonyl (C=O) groups excluding carboxylic acids is 1. The summed E-state index contributed by atoms with van der Waals surface area (Å²) in [5.41, 5.74) is -0.673. The van der Waals surface area contributed by atoms with Gasteiger partial charge in [-0.15, -0.1) is 5.01 Å². The Morgan fingerprint density at radius 3 is 2.36 bits per heavy atom. The predicted molar refractivity (Wildman–Crippen MR) is 74.1 cm³/mol. The first-order chi connectivity index (χ1) is 10.1. The first-order valence-electron chi connectivity index (χ1n) is 7.14. The van der Waals surface area contributed by atoms with Gasteiger partial charge in [0.15, 0.2) is 0 Å². The molecule has 1 atom stereocenters. The topological polar surface area (TPSA) is 114 Å². The van der Waals surface area contributed by atoms with Crippen molar-refractivity contribution in [3.8, 4) is 0 Å². The molecule has 1 saturated heterocycles. The minimum absolute atomic E-state index is 0.263. The lowest BCUT2D eigenvalue weighted by Gasteiger charge is -2.26. The third-order valence-corrected chi connectivity index (χ3v) is 3.21. The van der Waals surface area contributed by atoms with E-state index in [4.69, 9.17) is 14.7 Å². The molecule has 0 aromatic heterocycles. The van der Waals surface area contributed by atoms with Crippen molar-refractivity contribution >= 4 is 11.9 Å². The zero-order valence-electron chi connectivity index (χ0n) is 13.3. The van der Waals surface area contributed by atoms with Crippen molar-refractivity contribution in [2.24, 2.45) is 16.6 Å². The molecule has 0 aromatic carbocycles. The Balaban J connectivity index is 2.43. The molecule has 126 valence electrons. The lowest BCUT2D eigenvalue weighted by atomic mass is 9.97. The smallest absolute Gasteiger partial charge is 0.314 e. The molecule has 9 nitrogen and oxygen atoms in total. The van der Waals surface area contributed by atoms with Crippen LogP contribution in [0.2, 0.25) is 0 Å². The van der Waals surface area contributed by atoms with Crippen LogP contribution in [0.15, 0.2) is 5.28 Å². The molecule has 0 saturated carbocycles. The second-order valence-electron chi connectivity index (χ2n) is 6.23. The van der Waals surface area contributed by atoms with Crippen molar-refractivity contribution in [2.45, 2.75) is 46.8 Å². The van der Waals surface area contributed by atoms with Crippen molar-refractivity contribution < 1.29 is 29.2 Å². The number of hydrazine groups is 1. The molecule has 0 amide bonds. The van der Waals surface area contributed by atoms with Gasteiger partial charge >= 0.3 is 11.9 Å². The zero-order valence-corrected chi connectivity index (χ0v) is 13.3. The van der Waals surface area contributed by atoms with Gasteiger partial charge in [0.25, 0.3) is 6.29 Å². The van der Waals surface area contributed by atoms with E-state index in [1.807, 2.05) is 0 Å². The number of piperidine rings is 1. The summed E-state index contributed by atoms with van der Waals surface area (Å²) in [6, 6.07) is 0. The van der Waals surface area contributed by atoms with Gasteiger partial charge < -0.3 is 15.1 Å². The number of carboxylic acid groups (broad SMARTS) is 1. The molecule has 0 aromatic rings. The minimum atomic E-state index is -0.986. The van der Waals surface area contributed by atoms with Gasteiger partial charge in [0.1, 0.15) is 0 Å². The average Bonchev–Trinajstić information content (AvgIpc) is 2.43. The Morgan fingerprint density at radius 2 is 1.91 bits per heavy atom. The van der Waals surface area contributed by atoms with E-state index in [9.17, 15) is 14.8 Å². The summed E-state index contributed by atoms with van der Waals surface area (Å²) in [5.74, 6) is -1.75. The molecule has 1 unspecified atom stereocenters. The first kappa shape index (κ1) is 18.0. The fraction of sp³-hybridized carbons (Fsp3) is 0.846. The number of nitrogens with zero attached hydrogens (tertiary/aromatic N) is 3. The molecule has 1 aliphatic heterocycles. The third-order valence-electron chi connectivity index (χ3n) is 3.21. The van der Waals surface area contributed by atoms with Crippen LogP contribution in [0.4, 0.5) is 0 Å². The number of carboxylic acids is 1. The first-order valence-corrected chi connectivity index (χ1v) is 7.14. The van der Waals surface area contributed by atoms with E-state index in [-0.39, 0.29) is 18.1 Å². The summed E-state index contributed by atoms with van der Waals surface area (Å²) in [5, 5.41) is 25.3. The van der Waals surface area contributed by atoms with Gasteiger partial charge in [-0.2, -0.15) is 0 Å². The van der Waals surface area contributed by atoms with E-state index >= 15 is 0 Å². The molecule has 1 rings (SSSR count). The number of hydrogen-bond acceptors (Lipinski definition) is 6. The zero-order chi connectivity index (χ0) is 16.9. The molecular weight excluding hydrogens is 294 g/mol. The largest absolute Gasteiger partial charge is 0.569 e. The monoisotopic (exact) mass is 317 g/mol. The lowest BCUT2D eigenvalue weighted by molar-refractivity contribution is -0.715. The van der Waals surface area contributed by atoms with E-state index in [1.54, 1.807) is 20.8 Å². The second kappa shape index (κ2) is 7.28. The quantitative estimate of drug-likeness (QED) is 0.269. The SMILES string of the molecule is CC(ON=[N+]([O-])N1CCC(C(=O)O)CC1)OC(=O)C(C)(C)C. The summed E-state index contributed by atoms with van der Waals surface area (Å²) in [6.07, 6.45) is -0.240. The maximum atomic E-state index is 11.7. The van der Waals surface area contributed by atoms with Crippen molar-refractivity contribution in [3.63, 3.8) is 0 Å². The highest BCUT2D eigenvalue weighted by atomic mass is 16.8. The van der Waals surface area contributed by atoms with Crippen LogP contribution in [0.3, 0.4) is 0 Å². The van der Waals surface area contributed by atoms with Crippen molar-refractivity contribution in [2.75, 3.05) is 13.1 Å². The fourth-order valence-corrected chi connectivity index (χ4v) is 1.79. The van der Waals surface area contributed by atoms with Crippen LogP contribution in [-0.2, 0) is 19.2 Å². The third kappa shape index (κ3) is 5.38. The summed E-state index contributed by atoms with van der Waals surface area (Å²) in [7, 11) is 0. The van der Waals surface area contributed by atoms with Crippen LogP contribution in [0, 0.1) is 16.5 Å². The van der Waals surface area contributed by atoms with Gasteiger partial charge in [-0.25, -0.2) is 0 Å². The van der Waals surface area contributed by atoms with Gasteiger partial charge in [-0.3, -0.25) is 14.4 Å². The van der Waals surface area contributed by atoms with Gasteiger partial charge in [-0.05, 0) is 33.6 Å². The predicted octanol–water partition coefficient (Wildman–Crippen LogP) is 1.53. The van der Waals surface area contributed by atoms with Crippen LogP contribution in [0.5, 0.6) is 0 Å². The van der Waals surface area contributed by atoms with Gasteiger partial charge in [-0.1, -0.05) is 0 Å². The van der Waals surface area contributed by atoms with Gasteiger partial charge in [0.05, 0.1) is 29.4 Å². The van der Waals surface area contributed by atoms with E-state index in [2.05, 4.69) is 5.28 Å². The molecule has 22 heavy (non-hydrogen) atoms. The van der Waals surface area contributed by atoms with Crippen LogP contribution >= 0.6 is 0 Å². The van der Waals surface area contributed by atoms with Gasteiger partial charge in [0, 0.05) is 6.92 Å². The van der Waals surface area contributed by atoms with Crippen LogP contribution in [-0.4, -0.2) is 46.4 Å². The van der Waals surface area contributed by atoms with E-state index in [0.29, 0.717) is 12.8 Å². The Bertz CT molecular complexity index is 438. The average molecular weight is 317 g/mol. The van der Waals surface area contributed by atoms with Crippen molar-refractivity contribution in [1.29, 1.82) is 0 Å². The van der Waals surface area contributed by atoms with Gasteiger partial charge in [0.2, 0.25) is 5.28 Å². The summed E-state index contributed by atoms with van der Waals surface area (Å²) < 4.78 is 4.98. The lowest BCUT2D eigenvalue weighted by Crippen LogP contribution is -2.40. The molecule has 1 fully saturated rings. The van der Waals surface area contributed by atoms with Crippen LogP contribution in [0.1, 0.15) is 40.5 Å². The number of rotatable bonds is 5. The Morgan fingerprint density at radius 1 is 1.36 bits per heavy atom. The standard InChI is InChI=1S/C13H23N3O6/c1-9(21-12(19)13(2,3)4)22-14-16(20)15-7-5-10(6-8-15)11(17)18/h9-10H,5-8H2,1-4H3,(H,17,18). The fourth-order valence-electron chi connectivity index (χ4n) is 1.79. The molecule has 0 radical (unpaired) electrons. The molecule has 0 bridgehead atoms. The number of hydrogen-bond donors (Lipinski definition) is 1. The Hall–Kier alpha value is -2.06.